The molecule has 1 aliphatic heterocycles. The lowest BCUT2D eigenvalue weighted by atomic mass is 9.78. The van der Waals surface area contributed by atoms with Gasteiger partial charge in [0.25, 0.3) is 0 Å². The van der Waals surface area contributed by atoms with Gasteiger partial charge >= 0.3 is 0 Å². The maximum Gasteiger partial charge on any atom is 0.231 e. The number of fused-ring (bicyclic) bond motifs is 1. The third kappa shape index (κ3) is 2.71. The van der Waals surface area contributed by atoms with Crippen molar-refractivity contribution in [2.75, 3.05) is 6.79 Å². The molecule has 0 aromatic heterocycles. The van der Waals surface area contributed by atoms with E-state index in [4.69, 9.17) is 9.47 Å². The smallest absolute Gasteiger partial charge is 0.231 e. The quantitative estimate of drug-likeness (QED) is 0.905. The molecule has 0 bridgehead atoms. The van der Waals surface area contributed by atoms with Crippen molar-refractivity contribution < 1.29 is 9.47 Å². The van der Waals surface area contributed by atoms with Gasteiger partial charge in [-0.05, 0) is 42.4 Å². The summed E-state index contributed by atoms with van der Waals surface area (Å²) in [5, 5.41) is 3.73. The molecule has 0 saturated heterocycles. The fourth-order valence-electron chi connectivity index (χ4n) is 3.37. The Hall–Kier alpha value is -1.22. The van der Waals surface area contributed by atoms with Crippen molar-refractivity contribution in [3.05, 3.63) is 23.8 Å². The van der Waals surface area contributed by atoms with Crippen molar-refractivity contribution in [3.8, 4) is 11.5 Å². The van der Waals surface area contributed by atoms with Crippen LogP contribution in [0.5, 0.6) is 11.5 Å². The summed E-state index contributed by atoms with van der Waals surface area (Å²) >= 11 is 0. The van der Waals surface area contributed by atoms with Crippen molar-refractivity contribution in [2.24, 2.45) is 11.8 Å². The minimum absolute atomic E-state index is 0.350. The summed E-state index contributed by atoms with van der Waals surface area (Å²) in [6.45, 7) is 6.00. The van der Waals surface area contributed by atoms with Gasteiger partial charge in [0, 0.05) is 12.6 Å². The second kappa shape index (κ2) is 5.41. The van der Waals surface area contributed by atoms with Crippen LogP contribution in [0.3, 0.4) is 0 Å². The molecule has 1 heterocycles. The zero-order valence-electron chi connectivity index (χ0n) is 11.8. The maximum absolute atomic E-state index is 5.42. The number of benzene rings is 1. The molecular formula is C16H23NO2. The molecule has 19 heavy (non-hydrogen) atoms. The SMILES string of the molecule is CC1CCCC(C)C1NCc1ccc2c(c1)OCO2. The molecular weight excluding hydrogens is 238 g/mol. The Bertz CT molecular complexity index is 436. The molecule has 3 nitrogen and oxygen atoms in total. The largest absolute Gasteiger partial charge is 0.454 e. The summed E-state index contributed by atoms with van der Waals surface area (Å²) in [4.78, 5) is 0. The average Bonchev–Trinajstić information content (AvgIpc) is 2.85. The summed E-state index contributed by atoms with van der Waals surface area (Å²) in [5.74, 6) is 3.29. The third-order valence-electron chi connectivity index (χ3n) is 4.52. The monoisotopic (exact) mass is 261 g/mol. The van der Waals surface area contributed by atoms with Crippen LogP contribution in [0.2, 0.25) is 0 Å². The van der Waals surface area contributed by atoms with E-state index in [1.807, 2.05) is 6.07 Å². The van der Waals surface area contributed by atoms with Crippen LogP contribution in [0.25, 0.3) is 0 Å². The van der Waals surface area contributed by atoms with E-state index in [9.17, 15) is 0 Å². The van der Waals surface area contributed by atoms with Crippen LogP contribution in [0.15, 0.2) is 18.2 Å². The first kappa shape index (κ1) is 12.8. The summed E-state index contributed by atoms with van der Waals surface area (Å²) in [6, 6.07) is 6.86. The average molecular weight is 261 g/mol. The Morgan fingerprint density at radius 2 is 1.84 bits per heavy atom. The highest BCUT2D eigenvalue weighted by Gasteiger charge is 2.27. The fourth-order valence-corrected chi connectivity index (χ4v) is 3.37. The van der Waals surface area contributed by atoms with Gasteiger partial charge in [-0.3, -0.25) is 0 Å². The Kier molecular flexibility index (Phi) is 3.65. The van der Waals surface area contributed by atoms with Crippen LogP contribution >= 0.6 is 0 Å². The number of nitrogens with one attached hydrogen (secondary N) is 1. The lowest BCUT2D eigenvalue weighted by molar-refractivity contribution is 0.174. The Balaban J connectivity index is 1.62. The van der Waals surface area contributed by atoms with Crippen molar-refractivity contribution in [1.82, 2.24) is 5.32 Å². The predicted octanol–water partition coefficient (Wildman–Crippen LogP) is 3.33. The molecule has 1 aromatic rings. The Morgan fingerprint density at radius 3 is 2.63 bits per heavy atom. The summed E-state index contributed by atoms with van der Waals surface area (Å²) in [6.07, 6.45) is 4.08. The first-order chi connectivity index (χ1) is 9.24. The lowest BCUT2D eigenvalue weighted by Gasteiger charge is -2.35. The lowest BCUT2D eigenvalue weighted by Crippen LogP contribution is -2.42. The van der Waals surface area contributed by atoms with Gasteiger partial charge in [0.05, 0.1) is 0 Å². The van der Waals surface area contributed by atoms with E-state index in [-0.39, 0.29) is 0 Å². The summed E-state index contributed by atoms with van der Waals surface area (Å²) in [5.41, 5.74) is 1.27. The van der Waals surface area contributed by atoms with Gasteiger partial charge in [0.15, 0.2) is 11.5 Å². The van der Waals surface area contributed by atoms with Gasteiger partial charge in [-0.25, -0.2) is 0 Å². The molecule has 2 unspecified atom stereocenters. The summed E-state index contributed by atoms with van der Waals surface area (Å²) < 4.78 is 10.8. The molecule has 0 amide bonds. The van der Waals surface area contributed by atoms with Crippen LogP contribution in [-0.4, -0.2) is 12.8 Å². The molecule has 2 aliphatic rings. The van der Waals surface area contributed by atoms with Gasteiger partial charge in [-0.1, -0.05) is 26.3 Å². The molecule has 1 N–H and O–H groups in total. The molecule has 3 heteroatoms. The second-order valence-corrected chi connectivity index (χ2v) is 5.98. The van der Waals surface area contributed by atoms with Crippen LogP contribution in [0, 0.1) is 11.8 Å². The molecule has 0 radical (unpaired) electrons. The highest BCUT2D eigenvalue weighted by Crippen LogP contribution is 2.33. The van der Waals surface area contributed by atoms with E-state index in [2.05, 4.69) is 31.3 Å². The topological polar surface area (TPSA) is 30.5 Å². The molecule has 1 fully saturated rings. The van der Waals surface area contributed by atoms with Crippen LogP contribution in [-0.2, 0) is 6.54 Å². The predicted molar refractivity (Wildman–Crippen MR) is 75.4 cm³/mol. The van der Waals surface area contributed by atoms with Gasteiger partial charge in [0.2, 0.25) is 6.79 Å². The van der Waals surface area contributed by atoms with Gasteiger partial charge < -0.3 is 14.8 Å². The summed E-state index contributed by atoms with van der Waals surface area (Å²) in [7, 11) is 0. The van der Waals surface area contributed by atoms with Crippen molar-refractivity contribution >= 4 is 0 Å². The molecule has 1 aliphatic carbocycles. The Labute approximate surface area is 115 Å². The zero-order valence-corrected chi connectivity index (χ0v) is 11.8. The number of rotatable bonds is 3. The number of hydrogen-bond donors (Lipinski definition) is 1. The minimum atomic E-state index is 0.350. The molecule has 2 atom stereocenters. The van der Waals surface area contributed by atoms with Crippen LogP contribution in [0.4, 0.5) is 0 Å². The highest BCUT2D eigenvalue weighted by atomic mass is 16.7. The number of hydrogen-bond acceptors (Lipinski definition) is 3. The van der Waals surface area contributed by atoms with Crippen molar-refractivity contribution in [1.29, 1.82) is 0 Å². The molecule has 104 valence electrons. The first-order valence-electron chi connectivity index (χ1n) is 7.36. The third-order valence-corrected chi connectivity index (χ3v) is 4.52. The molecule has 1 saturated carbocycles. The van der Waals surface area contributed by atoms with Gasteiger partial charge in [-0.15, -0.1) is 0 Å². The van der Waals surface area contributed by atoms with E-state index in [0.29, 0.717) is 12.8 Å². The number of ether oxygens (including phenoxy) is 2. The van der Waals surface area contributed by atoms with Crippen LogP contribution < -0.4 is 14.8 Å². The van der Waals surface area contributed by atoms with Gasteiger partial charge in [0.1, 0.15) is 0 Å². The van der Waals surface area contributed by atoms with Crippen molar-refractivity contribution in [2.45, 2.75) is 45.7 Å². The maximum atomic E-state index is 5.42. The molecule has 3 rings (SSSR count). The van der Waals surface area contributed by atoms with E-state index < -0.39 is 0 Å². The van der Waals surface area contributed by atoms with Gasteiger partial charge in [-0.2, -0.15) is 0 Å². The first-order valence-corrected chi connectivity index (χ1v) is 7.36. The minimum Gasteiger partial charge on any atom is -0.454 e. The van der Waals surface area contributed by atoms with Crippen molar-refractivity contribution in [3.63, 3.8) is 0 Å². The normalized spacial score (nSPS) is 29.5. The Morgan fingerprint density at radius 1 is 1.11 bits per heavy atom. The van der Waals surface area contributed by atoms with Crippen LogP contribution in [0.1, 0.15) is 38.7 Å². The standard InChI is InChI=1S/C16H23NO2/c1-11-4-3-5-12(2)16(11)17-9-13-6-7-14-15(8-13)19-10-18-14/h6-8,11-12,16-17H,3-5,9-10H2,1-2H3. The van der Waals surface area contributed by atoms with E-state index in [0.717, 1.165) is 29.9 Å². The second-order valence-electron chi connectivity index (χ2n) is 5.98. The zero-order chi connectivity index (χ0) is 13.2. The highest BCUT2D eigenvalue weighted by molar-refractivity contribution is 5.44. The van der Waals surface area contributed by atoms with E-state index in [1.165, 1.54) is 24.8 Å². The fraction of sp³-hybridized carbons (Fsp3) is 0.625. The molecule has 1 aromatic carbocycles. The van der Waals surface area contributed by atoms with E-state index in [1.54, 1.807) is 0 Å². The molecule has 0 spiro atoms. The van der Waals surface area contributed by atoms with E-state index >= 15 is 0 Å².